The number of ether oxygens (including phenoxy) is 2. The van der Waals surface area contributed by atoms with E-state index >= 15 is 0 Å². The van der Waals surface area contributed by atoms with Gasteiger partial charge in [0.05, 0.1) is 25.2 Å². The predicted octanol–water partition coefficient (Wildman–Crippen LogP) is 3.36. The maximum absolute atomic E-state index is 11.2. The predicted molar refractivity (Wildman–Crippen MR) is 76.7 cm³/mol. The molecule has 6 heteroatoms. The molecule has 0 bridgehead atoms. The summed E-state index contributed by atoms with van der Waals surface area (Å²) in [6.45, 7) is 2.10. The Labute approximate surface area is 118 Å². The SMILES string of the molecule is COc1cc(NC2(C)CCCC2)c([N+](=O)[O-])cc1OC. The molecule has 1 saturated carbocycles. The Morgan fingerprint density at radius 2 is 1.75 bits per heavy atom. The molecule has 0 radical (unpaired) electrons. The van der Waals surface area contributed by atoms with Crippen LogP contribution in [0.5, 0.6) is 11.5 Å². The molecule has 20 heavy (non-hydrogen) atoms. The zero-order chi connectivity index (χ0) is 14.8. The van der Waals surface area contributed by atoms with Crippen LogP contribution in [0.25, 0.3) is 0 Å². The molecule has 0 unspecified atom stereocenters. The number of methoxy groups -OCH3 is 2. The maximum Gasteiger partial charge on any atom is 0.296 e. The molecular weight excluding hydrogens is 260 g/mol. The van der Waals surface area contributed by atoms with Crippen LogP contribution in [0.1, 0.15) is 32.6 Å². The second-order valence-corrected chi connectivity index (χ2v) is 5.37. The van der Waals surface area contributed by atoms with E-state index in [1.807, 2.05) is 0 Å². The number of anilines is 1. The first-order valence-electron chi connectivity index (χ1n) is 6.68. The first-order valence-corrected chi connectivity index (χ1v) is 6.68. The number of nitro benzene ring substituents is 1. The highest BCUT2D eigenvalue weighted by Gasteiger charge is 2.31. The van der Waals surface area contributed by atoms with Gasteiger partial charge in [0, 0.05) is 11.6 Å². The highest BCUT2D eigenvalue weighted by molar-refractivity contribution is 5.69. The van der Waals surface area contributed by atoms with Crippen molar-refractivity contribution < 1.29 is 14.4 Å². The Kier molecular flexibility index (Phi) is 4.01. The van der Waals surface area contributed by atoms with E-state index in [1.165, 1.54) is 20.3 Å². The summed E-state index contributed by atoms with van der Waals surface area (Å²) in [7, 11) is 2.98. The van der Waals surface area contributed by atoms with Crippen LogP contribution in [-0.4, -0.2) is 24.7 Å². The quantitative estimate of drug-likeness (QED) is 0.661. The van der Waals surface area contributed by atoms with Crippen molar-refractivity contribution in [2.24, 2.45) is 0 Å². The van der Waals surface area contributed by atoms with Gasteiger partial charge in [-0.2, -0.15) is 0 Å². The minimum absolute atomic E-state index is 0.00998. The average Bonchev–Trinajstić information content (AvgIpc) is 2.84. The van der Waals surface area contributed by atoms with Crippen LogP contribution in [0.2, 0.25) is 0 Å². The van der Waals surface area contributed by atoms with Gasteiger partial charge in [0.25, 0.3) is 5.69 Å². The van der Waals surface area contributed by atoms with Crippen LogP contribution in [0.3, 0.4) is 0 Å². The van der Waals surface area contributed by atoms with Crippen molar-refractivity contribution >= 4 is 11.4 Å². The molecule has 0 aromatic heterocycles. The topological polar surface area (TPSA) is 73.6 Å². The standard InChI is InChI=1S/C14H20N2O4/c1-14(6-4-5-7-14)15-10-8-12(19-2)13(20-3)9-11(10)16(17)18/h8-9,15H,4-7H2,1-3H3. The van der Waals surface area contributed by atoms with Crippen LogP contribution >= 0.6 is 0 Å². The normalized spacial score (nSPS) is 16.8. The summed E-state index contributed by atoms with van der Waals surface area (Å²) >= 11 is 0. The fourth-order valence-corrected chi connectivity index (χ4v) is 2.72. The zero-order valence-corrected chi connectivity index (χ0v) is 12.1. The van der Waals surface area contributed by atoms with Crippen molar-refractivity contribution in [1.29, 1.82) is 0 Å². The van der Waals surface area contributed by atoms with Crippen molar-refractivity contribution in [3.05, 3.63) is 22.2 Å². The first kappa shape index (κ1) is 14.4. The highest BCUT2D eigenvalue weighted by atomic mass is 16.6. The maximum atomic E-state index is 11.2. The molecule has 1 N–H and O–H groups in total. The van der Waals surface area contributed by atoms with Crippen LogP contribution in [0, 0.1) is 10.1 Å². The Hall–Kier alpha value is -1.98. The van der Waals surface area contributed by atoms with E-state index in [4.69, 9.17) is 9.47 Å². The number of nitrogens with zero attached hydrogens (tertiary/aromatic N) is 1. The monoisotopic (exact) mass is 280 g/mol. The van der Waals surface area contributed by atoms with Gasteiger partial charge in [-0.15, -0.1) is 0 Å². The smallest absolute Gasteiger partial charge is 0.296 e. The molecule has 110 valence electrons. The fraction of sp³-hybridized carbons (Fsp3) is 0.571. The van der Waals surface area contributed by atoms with Gasteiger partial charge >= 0.3 is 0 Å². The summed E-state index contributed by atoms with van der Waals surface area (Å²) in [5.41, 5.74) is 0.400. The third-order valence-corrected chi connectivity index (χ3v) is 3.84. The van der Waals surface area contributed by atoms with Crippen molar-refractivity contribution in [3.8, 4) is 11.5 Å². The van der Waals surface area contributed by atoms with Crippen LogP contribution in [0.15, 0.2) is 12.1 Å². The molecule has 1 aromatic rings. The van der Waals surface area contributed by atoms with Crippen LogP contribution < -0.4 is 14.8 Å². The van der Waals surface area contributed by atoms with Gasteiger partial charge in [0.2, 0.25) is 0 Å². The van der Waals surface area contributed by atoms with Gasteiger partial charge in [-0.3, -0.25) is 10.1 Å². The largest absolute Gasteiger partial charge is 0.493 e. The van der Waals surface area contributed by atoms with Gasteiger partial charge in [0.1, 0.15) is 5.69 Å². The molecular formula is C14H20N2O4. The molecule has 0 spiro atoms. The first-order chi connectivity index (χ1) is 9.49. The van der Waals surface area contributed by atoms with Crippen molar-refractivity contribution in [1.82, 2.24) is 0 Å². The Morgan fingerprint density at radius 3 is 2.25 bits per heavy atom. The second-order valence-electron chi connectivity index (χ2n) is 5.37. The second kappa shape index (κ2) is 5.56. The van der Waals surface area contributed by atoms with Crippen LogP contribution in [0.4, 0.5) is 11.4 Å². The Morgan fingerprint density at radius 1 is 1.20 bits per heavy atom. The van der Waals surface area contributed by atoms with Gasteiger partial charge < -0.3 is 14.8 Å². The molecule has 0 amide bonds. The molecule has 1 aliphatic rings. The molecule has 1 aromatic carbocycles. The molecule has 1 aliphatic carbocycles. The summed E-state index contributed by atoms with van der Waals surface area (Å²) < 4.78 is 10.3. The lowest BCUT2D eigenvalue weighted by Crippen LogP contribution is -2.31. The van der Waals surface area contributed by atoms with E-state index < -0.39 is 4.92 Å². The van der Waals surface area contributed by atoms with E-state index in [0.29, 0.717) is 17.2 Å². The number of nitrogens with one attached hydrogen (secondary N) is 1. The van der Waals surface area contributed by atoms with E-state index in [0.717, 1.165) is 25.7 Å². The minimum Gasteiger partial charge on any atom is -0.493 e. The third-order valence-electron chi connectivity index (χ3n) is 3.84. The highest BCUT2D eigenvalue weighted by Crippen LogP contribution is 2.41. The number of hydrogen-bond acceptors (Lipinski definition) is 5. The van der Waals surface area contributed by atoms with Gasteiger partial charge in [-0.1, -0.05) is 12.8 Å². The fourth-order valence-electron chi connectivity index (χ4n) is 2.72. The lowest BCUT2D eigenvalue weighted by atomic mass is 10.00. The van der Waals surface area contributed by atoms with E-state index in [-0.39, 0.29) is 11.2 Å². The summed E-state index contributed by atoms with van der Waals surface area (Å²) in [6, 6.07) is 3.04. The van der Waals surface area contributed by atoms with E-state index in [2.05, 4.69) is 12.2 Å². The molecule has 1 fully saturated rings. The molecule has 6 nitrogen and oxygen atoms in total. The molecule has 2 rings (SSSR count). The van der Waals surface area contributed by atoms with Gasteiger partial charge in [0.15, 0.2) is 11.5 Å². The Balaban J connectivity index is 2.41. The molecule has 0 heterocycles. The van der Waals surface area contributed by atoms with Crippen molar-refractivity contribution in [3.63, 3.8) is 0 Å². The van der Waals surface area contributed by atoms with E-state index in [1.54, 1.807) is 6.07 Å². The third kappa shape index (κ3) is 2.79. The van der Waals surface area contributed by atoms with Crippen molar-refractivity contribution in [2.75, 3.05) is 19.5 Å². The number of hydrogen-bond donors (Lipinski definition) is 1. The van der Waals surface area contributed by atoms with Gasteiger partial charge in [-0.25, -0.2) is 0 Å². The lowest BCUT2D eigenvalue weighted by Gasteiger charge is -2.26. The zero-order valence-electron chi connectivity index (χ0n) is 12.1. The summed E-state index contributed by atoms with van der Waals surface area (Å²) in [4.78, 5) is 10.8. The average molecular weight is 280 g/mol. The summed E-state index contributed by atoms with van der Waals surface area (Å²) in [5, 5.41) is 14.6. The molecule has 0 saturated heterocycles. The molecule has 0 atom stereocenters. The number of rotatable bonds is 5. The number of nitro groups is 1. The Bertz CT molecular complexity index is 510. The molecule has 0 aliphatic heterocycles. The van der Waals surface area contributed by atoms with Crippen LogP contribution in [-0.2, 0) is 0 Å². The van der Waals surface area contributed by atoms with Gasteiger partial charge in [-0.05, 0) is 19.8 Å². The summed E-state index contributed by atoms with van der Waals surface area (Å²) in [5.74, 6) is 0.850. The number of benzene rings is 1. The van der Waals surface area contributed by atoms with Crippen molar-refractivity contribution in [2.45, 2.75) is 38.1 Å². The lowest BCUT2D eigenvalue weighted by molar-refractivity contribution is -0.384. The summed E-state index contributed by atoms with van der Waals surface area (Å²) in [6.07, 6.45) is 4.31. The minimum atomic E-state index is -0.400. The van der Waals surface area contributed by atoms with E-state index in [9.17, 15) is 10.1 Å².